The van der Waals surface area contributed by atoms with Crippen LogP contribution in [0.15, 0.2) is 60.7 Å². The Morgan fingerprint density at radius 2 is 1.84 bits per heavy atom. The molecule has 0 spiro atoms. The van der Waals surface area contributed by atoms with E-state index in [2.05, 4.69) is 5.32 Å². The van der Waals surface area contributed by atoms with Crippen LogP contribution >= 0.6 is 0 Å². The van der Waals surface area contributed by atoms with Gasteiger partial charge in [-0.15, -0.1) is 0 Å². The van der Waals surface area contributed by atoms with Crippen molar-refractivity contribution >= 4 is 22.8 Å². The number of carbonyl (C=O) groups excluding carboxylic acids is 2. The molecule has 3 aromatic carbocycles. The summed E-state index contributed by atoms with van der Waals surface area (Å²) in [6, 6.07) is 19.2. The molecule has 4 aromatic rings. The van der Waals surface area contributed by atoms with Crippen LogP contribution in [0.4, 0.5) is 4.39 Å². The second-order valence-corrected chi connectivity index (χ2v) is 13.6. The minimum atomic E-state index is -1.02. The summed E-state index contributed by atoms with van der Waals surface area (Å²) in [6.07, 6.45) is 1.88. The molecule has 2 amide bonds. The van der Waals surface area contributed by atoms with Crippen molar-refractivity contribution in [1.29, 1.82) is 5.26 Å². The molecule has 1 atom stereocenters. The van der Waals surface area contributed by atoms with Crippen molar-refractivity contribution < 1.29 is 28.2 Å². The van der Waals surface area contributed by atoms with Crippen LogP contribution in [0.5, 0.6) is 5.75 Å². The number of nitrogens with one attached hydrogen (secondary N) is 1. The zero-order valence-corrected chi connectivity index (χ0v) is 28.2. The number of aromatic nitrogens is 2. The Kier molecular flexibility index (Phi) is 9.44. The zero-order valence-electron chi connectivity index (χ0n) is 28.2. The monoisotopic (exact) mass is 668 g/mol. The lowest BCUT2D eigenvalue weighted by atomic mass is 9.89. The van der Waals surface area contributed by atoms with Crippen LogP contribution in [0.1, 0.15) is 96.8 Å². The van der Waals surface area contributed by atoms with E-state index in [4.69, 9.17) is 30.2 Å². The van der Waals surface area contributed by atoms with Gasteiger partial charge in [-0.1, -0.05) is 18.2 Å². The van der Waals surface area contributed by atoms with E-state index in [0.29, 0.717) is 47.6 Å². The number of fused-ring (bicyclic) bond motifs is 1. The van der Waals surface area contributed by atoms with E-state index in [-0.39, 0.29) is 42.0 Å². The van der Waals surface area contributed by atoms with Gasteiger partial charge in [0.15, 0.2) is 0 Å². The normalized spacial score (nSPS) is 17.0. The van der Waals surface area contributed by atoms with Crippen LogP contribution in [0.2, 0.25) is 0 Å². The van der Waals surface area contributed by atoms with Gasteiger partial charge in [0.05, 0.1) is 29.3 Å². The van der Waals surface area contributed by atoms with E-state index in [1.165, 1.54) is 6.07 Å². The number of benzene rings is 3. The number of carbonyl (C=O) groups is 2. The fraction of sp³-hybridized carbons (Fsp3) is 0.405. The first-order valence-electron chi connectivity index (χ1n) is 16.5. The molecule has 3 heterocycles. The van der Waals surface area contributed by atoms with Gasteiger partial charge in [0.25, 0.3) is 11.8 Å². The van der Waals surface area contributed by atoms with Crippen molar-refractivity contribution in [3.05, 3.63) is 94.6 Å². The maximum absolute atomic E-state index is 14.3. The number of nitriles is 1. The number of halogens is 1. The summed E-state index contributed by atoms with van der Waals surface area (Å²) in [5.74, 6) is 0.127. The fourth-order valence-electron chi connectivity index (χ4n) is 6.44. The summed E-state index contributed by atoms with van der Waals surface area (Å²) in [5, 5.41) is 11.9. The molecule has 6 rings (SSSR count). The van der Waals surface area contributed by atoms with Crippen LogP contribution in [-0.2, 0) is 16.1 Å². The van der Waals surface area contributed by atoms with Crippen molar-refractivity contribution in [2.75, 3.05) is 19.7 Å². The molecule has 11 nitrogen and oxygen atoms in total. The van der Waals surface area contributed by atoms with E-state index in [1.54, 1.807) is 58.0 Å². The second-order valence-electron chi connectivity index (χ2n) is 13.6. The molecule has 0 bridgehead atoms. The highest BCUT2D eigenvalue weighted by molar-refractivity contribution is 6.00. The van der Waals surface area contributed by atoms with Crippen LogP contribution in [0, 0.1) is 17.1 Å². The average Bonchev–Trinajstić information content (AvgIpc) is 3.40. The first-order valence-corrected chi connectivity index (χ1v) is 16.5. The standard InChI is InChI=1S/C37H41FN6O5/c1-36(2,40)49-37(3,4)42-34(45)26-10-11-30-31(20-26)44(32-14-17-47-32)33(41-30)35(46)43-15-12-24(13-16-43)25-6-5-7-28(19-25)48-22-27-9-8-23(21-39)18-29(27)38/h5-11,18-20,24,32H,12-17,22,40H2,1-4H3,(H,42,45)/t32-/m0/s1. The predicted octanol–water partition coefficient (Wildman–Crippen LogP) is 5.74. The largest absolute Gasteiger partial charge is 0.489 e. The van der Waals surface area contributed by atoms with Gasteiger partial charge in [-0.05, 0) is 94.5 Å². The molecule has 3 N–H and O–H groups in total. The van der Waals surface area contributed by atoms with Crippen molar-refractivity contribution in [3.8, 4) is 11.8 Å². The number of rotatable bonds is 10. The number of nitrogens with zero attached hydrogens (tertiary/aromatic N) is 4. The predicted molar refractivity (Wildman–Crippen MR) is 180 cm³/mol. The molecule has 0 saturated carbocycles. The molecule has 0 radical (unpaired) electrons. The summed E-state index contributed by atoms with van der Waals surface area (Å²) in [4.78, 5) is 33.8. The summed E-state index contributed by atoms with van der Waals surface area (Å²) < 4.78 is 33.7. The van der Waals surface area contributed by atoms with Crippen molar-refractivity contribution in [2.24, 2.45) is 5.73 Å². The molecule has 0 unspecified atom stereocenters. The van der Waals surface area contributed by atoms with Gasteiger partial charge in [-0.3, -0.25) is 14.2 Å². The summed E-state index contributed by atoms with van der Waals surface area (Å²) >= 11 is 0. The third-order valence-corrected chi connectivity index (χ3v) is 8.73. The highest BCUT2D eigenvalue weighted by Gasteiger charge is 2.33. The van der Waals surface area contributed by atoms with Crippen molar-refractivity contribution in [3.63, 3.8) is 0 Å². The molecule has 49 heavy (non-hydrogen) atoms. The Bertz CT molecular complexity index is 1910. The molecule has 2 aliphatic heterocycles. The summed E-state index contributed by atoms with van der Waals surface area (Å²) in [7, 11) is 0. The number of amides is 2. The van der Waals surface area contributed by atoms with E-state index < -0.39 is 17.3 Å². The summed E-state index contributed by atoms with van der Waals surface area (Å²) in [6.45, 7) is 8.60. The molecule has 2 aliphatic rings. The van der Waals surface area contributed by atoms with Crippen molar-refractivity contribution in [2.45, 2.75) is 77.2 Å². The maximum atomic E-state index is 14.3. The third-order valence-electron chi connectivity index (χ3n) is 8.73. The van der Waals surface area contributed by atoms with Gasteiger partial charge in [0.2, 0.25) is 5.82 Å². The number of piperidine rings is 1. The Hall–Kier alpha value is -4.83. The number of nitrogens with two attached hydrogens (primary N) is 1. The lowest BCUT2D eigenvalue weighted by Gasteiger charge is -2.34. The lowest BCUT2D eigenvalue weighted by Crippen LogP contribution is -2.53. The average molecular weight is 669 g/mol. The van der Waals surface area contributed by atoms with E-state index in [1.807, 2.05) is 39.8 Å². The van der Waals surface area contributed by atoms with E-state index in [9.17, 15) is 14.0 Å². The van der Waals surface area contributed by atoms with Gasteiger partial charge in [0, 0.05) is 30.6 Å². The number of imidazole rings is 1. The number of hydrogen-bond acceptors (Lipinski definition) is 8. The maximum Gasteiger partial charge on any atom is 0.289 e. The third kappa shape index (κ3) is 7.75. The minimum absolute atomic E-state index is 0.0465. The first kappa shape index (κ1) is 34.0. The molecule has 0 aliphatic carbocycles. The highest BCUT2D eigenvalue weighted by atomic mass is 19.1. The number of likely N-dealkylation sites (tertiary alicyclic amines) is 1. The molecule has 12 heteroatoms. The van der Waals surface area contributed by atoms with Gasteiger partial charge in [0.1, 0.15) is 35.9 Å². The quantitative estimate of drug-likeness (QED) is 0.204. The van der Waals surface area contributed by atoms with Gasteiger partial charge >= 0.3 is 0 Å². The van der Waals surface area contributed by atoms with Crippen LogP contribution in [0.3, 0.4) is 0 Å². The molecule has 2 saturated heterocycles. The minimum Gasteiger partial charge on any atom is -0.489 e. The Morgan fingerprint density at radius 1 is 1.08 bits per heavy atom. The van der Waals surface area contributed by atoms with Gasteiger partial charge < -0.3 is 30.2 Å². The molecule has 2 fully saturated rings. The highest BCUT2D eigenvalue weighted by Crippen LogP contribution is 2.34. The zero-order chi connectivity index (χ0) is 34.9. The second kappa shape index (κ2) is 13.6. The van der Waals surface area contributed by atoms with Crippen LogP contribution < -0.4 is 15.8 Å². The molecular formula is C37H41FN6O5. The molecule has 1 aromatic heterocycles. The molecule has 256 valence electrons. The van der Waals surface area contributed by atoms with E-state index in [0.717, 1.165) is 24.8 Å². The Balaban J connectivity index is 1.14. The number of ether oxygens (including phenoxy) is 3. The fourth-order valence-corrected chi connectivity index (χ4v) is 6.44. The lowest BCUT2D eigenvalue weighted by molar-refractivity contribution is -0.129. The van der Waals surface area contributed by atoms with E-state index >= 15 is 0 Å². The Labute approximate surface area is 284 Å². The topological polar surface area (TPSA) is 145 Å². The summed E-state index contributed by atoms with van der Waals surface area (Å²) in [5.41, 5.74) is 7.41. The Morgan fingerprint density at radius 3 is 2.49 bits per heavy atom. The van der Waals surface area contributed by atoms with Crippen molar-refractivity contribution in [1.82, 2.24) is 19.8 Å². The number of hydrogen-bond donors (Lipinski definition) is 2. The first-order chi connectivity index (χ1) is 23.3. The smallest absolute Gasteiger partial charge is 0.289 e. The molecular weight excluding hydrogens is 627 g/mol. The van der Waals surface area contributed by atoms with Crippen LogP contribution in [0.25, 0.3) is 11.0 Å². The van der Waals surface area contributed by atoms with Crippen LogP contribution in [-0.4, -0.2) is 57.4 Å². The van der Waals surface area contributed by atoms with Gasteiger partial charge in [-0.25, -0.2) is 9.37 Å². The van der Waals surface area contributed by atoms with Gasteiger partial charge in [-0.2, -0.15) is 5.26 Å². The SMILES string of the molecule is CC(C)(N)OC(C)(C)NC(=O)c1ccc2nc(C(=O)N3CCC(c4cccc(OCc5ccc(C#N)cc5F)c4)CC3)n([C@@H]3CCO3)c2c1.